The monoisotopic (exact) mass is 256 g/mol. The summed E-state index contributed by atoms with van der Waals surface area (Å²) in [5.41, 5.74) is 0. The van der Waals surface area contributed by atoms with Crippen molar-refractivity contribution in [2.75, 3.05) is 12.0 Å². The van der Waals surface area contributed by atoms with Gasteiger partial charge in [0.25, 0.3) is 0 Å². The van der Waals surface area contributed by atoms with E-state index in [-0.39, 0.29) is 0 Å². The Morgan fingerprint density at radius 1 is 1.18 bits per heavy atom. The van der Waals surface area contributed by atoms with E-state index in [2.05, 4.69) is 13.2 Å². The van der Waals surface area contributed by atoms with Crippen molar-refractivity contribution >= 4 is 17.5 Å². The van der Waals surface area contributed by atoms with Crippen molar-refractivity contribution in [3.63, 3.8) is 0 Å². The van der Waals surface area contributed by atoms with Gasteiger partial charge in [0.15, 0.2) is 0 Å². The van der Waals surface area contributed by atoms with Crippen molar-refractivity contribution in [3.8, 4) is 0 Å². The SMILES string of the molecule is CSCCC(=O)CC[C@@H](C)C1CCCCCC1. The summed E-state index contributed by atoms with van der Waals surface area (Å²) in [5.74, 6) is 3.12. The molecule has 1 rings (SSSR count). The number of carbonyl (C=O) groups excluding carboxylic acids is 1. The first-order valence-electron chi connectivity index (χ1n) is 7.24. The van der Waals surface area contributed by atoms with Gasteiger partial charge in [0.1, 0.15) is 5.78 Å². The number of carbonyl (C=O) groups is 1. The molecule has 1 fully saturated rings. The molecule has 17 heavy (non-hydrogen) atoms. The van der Waals surface area contributed by atoms with Crippen LogP contribution in [0.4, 0.5) is 0 Å². The Bertz CT molecular complexity index is 207. The van der Waals surface area contributed by atoms with Gasteiger partial charge in [0, 0.05) is 12.8 Å². The first kappa shape index (κ1) is 15.1. The first-order valence-corrected chi connectivity index (χ1v) is 8.64. The molecule has 0 heterocycles. The zero-order valence-electron chi connectivity index (χ0n) is 11.5. The Hall–Kier alpha value is 0.0200. The molecule has 1 aliphatic carbocycles. The van der Waals surface area contributed by atoms with Gasteiger partial charge in [-0.25, -0.2) is 0 Å². The minimum absolute atomic E-state index is 0.472. The molecule has 0 spiro atoms. The third-order valence-corrected chi connectivity index (χ3v) is 4.78. The van der Waals surface area contributed by atoms with E-state index in [9.17, 15) is 4.79 Å². The second-order valence-electron chi connectivity index (χ2n) is 5.55. The van der Waals surface area contributed by atoms with Crippen molar-refractivity contribution in [2.45, 2.75) is 64.7 Å². The molecule has 0 amide bonds. The molecule has 0 aromatic carbocycles. The molecule has 0 aromatic heterocycles. The zero-order valence-corrected chi connectivity index (χ0v) is 12.4. The van der Waals surface area contributed by atoms with Crippen LogP contribution in [0.2, 0.25) is 0 Å². The van der Waals surface area contributed by atoms with E-state index in [0.717, 1.165) is 36.9 Å². The third-order valence-electron chi connectivity index (χ3n) is 4.17. The lowest BCUT2D eigenvalue weighted by Crippen LogP contribution is -2.13. The van der Waals surface area contributed by atoms with Gasteiger partial charge in [-0.05, 0) is 30.3 Å². The smallest absolute Gasteiger partial charge is 0.133 e. The third kappa shape index (κ3) is 6.49. The van der Waals surface area contributed by atoms with Crippen molar-refractivity contribution in [3.05, 3.63) is 0 Å². The van der Waals surface area contributed by atoms with E-state index in [1.165, 1.54) is 38.5 Å². The molecular formula is C15H28OS. The molecule has 100 valence electrons. The van der Waals surface area contributed by atoms with Gasteiger partial charge in [-0.15, -0.1) is 0 Å². The molecular weight excluding hydrogens is 228 g/mol. The highest BCUT2D eigenvalue weighted by molar-refractivity contribution is 7.98. The Labute approximate surface area is 111 Å². The van der Waals surface area contributed by atoms with Gasteiger partial charge in [0.05, 0.1) is 0 Å². The molecule has 1 atom stereocenters. The Kier molecular flexibility index (Phi) is 8.00. The van der Waals surface area contributed by atoms with E-state index < -0.39 is 0 Å². The summed E-state index contributed by atoms with van der Waals surface area (Å²) in [4.78, 5) is 11.6. The largest absolute Gasteiger partial charge is 0.300 e. The van der Waals surface area contributed by atoms with Crippen LogP contribution in [0.1, 0.15) is 64.7 Å². The van der Waals surface area contributed by atoms with E-state index in [0.29, 0.717) is 5.78 Å². The van der Waals surface area contributed by atoms with Crippen LogP contribution < -0.4 is 0 Å². The van der Waals surface area contributed by atoms with E-state index in [1.807, 2.05) is 0 Å². The molecule has 1 nitrogen and oxygen atoms in total. The van der Waals surface area contributed by atoms with Gasteiger partial charge in [-0.2, -0.15) is 11.8 Å². The summed E-state index contributed by atoms with van der Waals surface area (Å²) >= 11 is 1.77. The Morgan fingerprint density at radius 3 is 2.41 bits per heavy atom. The zero-order chi connectivity index (χ0) is 12.5. The van der Waals surface area contributed by atoms with Crippen LogP contribution in [0.25, 0.3) is 0 Å². The average Bonchev–Trinajstić information content (AvgIpc) is 2.62. The summed E-state index contributed by atoms with van der Waals surface area (Å²) in [7, 11) is 0. The minimum Gasteiger partial charge on any atom is -0.300 e. The molecule has 1 aliphatic rings. The molecule has 0 unspecified atom stereocenters. The van der Waals surface area contributed by atoms with Gasteiger partial charge in [-0.3, -0.25) is 4.79 Å². The molecule has 0 bridgehead atoms. The Balaban J connectivity index is 2.18. The van der Waals surface area contributed by atoms with Crippen LogP contribution in [-0.2, 0) is 4.79 Å². The van der Waals surface area contributed by atoms with Crippen LogP contribution in [-0.4, -0.2) is 17.8 Å². The van der Waals surface area contributed by atoms with Gasteiger partial charge < -0.3 is 0 Å². The topological polar surface area (TPSA) is 17.1 Å². The lowest BCUT2D eigenvalue weighted by atomic mass is 9.84. The summed E-state index contributed by atoms with van der Waals surface area (Å²) in [6.07, 6.45) is 13.3. The van der Waals surface area contributed by atoms with Crippen LogP contribution in [0, 0.1) is 11.8 Å². The van der Waals surface area contributed by atoms with E-state index in [4.69, 9.17) is 0 Å². The summed E-state index contributed by atoms with van der Waals surface area (Å²) in [6.45, 7) is 2.36. The predicted molar refractivity (Wildman–Crippen MR) is 77.6 cm³/mol. The molecule has 1 saturated carbocycles. The van der Waals surface area contributed by atoms with E-state index >= 15 is 0 Å². The Morgan fingerprint density at radius 2 is 1.82 bits per heavy atom. The second kappa shape index (κ2) is 9.02. The maximum Gasteiger partial charge on any atom is 0.133 e. The number of thioether (sulfide) groups is 1. The number of Topliss-reactive ketones (excluding diaryl/α,β-unsaturated/α-hetero) is 1. The van der Waals surface area contributed by atoms with Gasteiger partial charge >= 0.3 is 0 Å². The van der Waals surface area contributed by atoms with Gasteiger partial charge in [0.2, 0.25) is 0 Å². The number of hydrogen-bond donors (Lipinski definition) is 0. The number of ketones is 1. The highest BCUT2D eigenvalue weighted by atomic mass is 32.2. The minimum atomic E-state index is 0.472. The molecule has 0 aliphatic heterocycles. The fourth-order valence-electron chi connectivity index (χ4n) is 2.85. The van der Waals surface area contributed by atoms with E-state index in [1.54, 1.807) is 11.8 Å². The van der Waals surface area contributed by atoms with Gasteiger partial charge in [-0.1, -0.05) is 45.4 Å². The second-order valence-corrected chi connectivity index (χ2v) is 6.53. The normalized spacial score (nSPS) is 19.9. The first-order chi connectivity index (χ1) is 8.24. The quantitative estimate of drug-likeness (QED) is 0.614. The van der Waals surface area contributed by atoms with Crippen molar-refractivity contribution in [2.24, 2.45) is 11.8 Å². The van der Waals surface area contributed by atoms with Crippen molar-refractivity contribution in [1.29, 1.82) is 0 Å². The molecule has 0 aromatic rings. The van der Waals surface area contributed by atoms with Crippen LogP contribution in [0.3, 0.4) is 0 Å². The summed E-state index contributed by atoms with van der Waals surface area (Å²) in [6, 6.07) is 0. The number of rotatable bonds is 7. The lowest BCUT2D eigenvalue weighted by molar-refractivity contribution is -0.119. The fourth-order valence-corrected chi connectivity index (χ4v) is 3.28. The summed E-state index contributed by atoms with van der Waals surface area (Å²) < 4.78 is 0. The highest BCUT2D eigenvalue weighted by Gasteiger charge is 2.19. The highest BCUT2D eigenvalue weighted by Crippen LogP contribution is 2.31. The molecule has 0 N–H and O–H groups in total. The maximum atomic E-state index is 11.6. The number of hydrogen-bond acceptors (Lipinski definition) is 2. The predicted octanol–water partition coefficient (Wildman–Crippen LogP) is 4.70. The van der Waals surface area contributed by atoms with Crippen molar-refractivity contribution in [1.82, 2.24) is 0 Å². The molecule has 0 saturated heterocycles. The average molecular weight is 256 g/mol. The lowest BCUT2D eigenvalue weighted by Gasteiger charge is -2.22. The van der Waals surface area contributed by atoms with Crippen LogP contribution in [0.5, 0.6) is 0 Å². The fraction of sp³-hybridized carbons (Fsp3) is 0.933. The maximum absolute atomic E-state index is 11.6. The van der Waals surface area contributed by atoms with Crippen LogP contribution in [0.15, 0.2) is 0 Å². The summed E-state index contributed by atoms with van der Waals surface area (Å²) in [5, 5.41) is 0. The standard InChI is InChI=1S/C15H28OS/c1-13(9-10-15(16)11-12-17-2)14-7-5-3-4-6-8-14/h13-14H,3-12H2,1-2H3/t13-/m1/s1. The van der Waals surface area contributed by atoms with Crippen LogP contribution >= 0.6 is 11.8 Å². The molecule has 0 radical (unpaired) electrons. The molecule has 2 heteroatoms. The van der Waals surface area contributed by atoms with Crippen molar-refractivity contribution < 1.29 is 4.79 Å².